The molecule has 1 heterocycles. The first-order chi connectivity index (χ1) is 10.5. The molecule has 0 aliphatic carbocycles. The van der Waals surface area contributed by atoms with Crippen molar-refractivity contribution >= 4 is 15.7 Å². The van der Waals surface area contributed by atoms with Crippen molar-refractivity contribution in [3.63, 3.8) is 0 Å². The van der Waals surface area contributed by atoms with Crippen molar-refractivity contribution in [3.05, 3.63) is 59.2 Å². The lowest BCUT2D eigenvalue weighted by molar-refractivity contribution is 0.592. The zero-order valence-corrected chi connectivity index (χ0v) is 13.4. The van der Waals surface area contributed by atoms with Crippen molar-refractivity contribution in [2.45, 2.75) is 24.7 Å². The number of hydrogen-bond acceptors (Lipinski definition) is 3. The minimum absolute atomic E-state index is 0.344. The molecular weight excluding hydrogens is 296 g/mol. The average Bonchev–Trinajstić information content (AvgIpc) is 2.92. The second-order valence-electron chi connectivity index (χ2n) is 5.64. The van der Waals surface area contributed by atoms with E-state index < -0.39 is 10.0 Å². The normalized spacial score (nSPS) is 14.2. The molecule has 1 aliphatic rings. The van der Waals surface area contributed by atoms with Crippen LogP contribution in [0.5, 0.6) is 0 Å². The van der Waals surface area contributed by atoms with Gasteiger partial charge in [0.25, 0.3) is 10.0 Å². The number of sulfonamides is 1. The van der Waals surface area contributed by atoms with Crippen molar-refractivity contribution in [3.8, 4) is 0 Å². The molecule has 0 atom stereocenters. The summed E-state index contributed by atoms with van der Waals surface area (Å²) in [4.78, 5) is 0.344. The van der Waals surface area contributed by atoms with Crippen LogP contribution in [0.1, 0.15) is 16.7 Å². The first-order valence-electron chi connectivity index (χ1n) is 7.43. The van der Waals surface area contributed by atoms with Gasteiger partial charge in [0.2, 0.25) is 0 Å². The third kappa shape index (κ3) is 2.62. The minimum Gasteiger partial charge on any atom is -0.330 e. The molecule has 0 radical (unpaired) electrons. The van der Waals surface area contributed by atoms with Crippen LogP contribution in [0.3, 0.4) is 0 Å². The Bertz CT molecular complexity index is 783. The minimum atomic E-state index is -3.49. The van der Waals surface area contributed by atoms with Gasteiger partial charge in [-0.3, -0.25) is 4.31 Å². The van der Waals surface area contributed by atoms with Gasteiger partial charge in [0.1, 0.15) is 0 Å². The molecule has 116 valence electrons. The second-order valence-corrected chi connectivity index (χ2v) is 7.50. The smallest absolute Gasteiger partial charge is 0.264 e. The summed E-state index contributed by atoms with van der Waals surface area (Å²) >= 11 is 0. The van der Waals surface area contributed by atoms with Crippen LogP contribution in [0.15, 0.2) is 47.4 Å². The molecule has 4 nitrogen and oxygen atoms in total. The molecule has 3 rings (SSSR count). The zero-order valence-electron chi connectivity index (χ0n) is 12.6. The monoisotopic (exact) mass is 316 g/mol. The molecule has 0 fully saturated rings. The molecular formula is C17H20N2O2S. The van der Waals surface area contributed by atoms with Gasteiger partial charge in [0.05, 0.1) is 10.6 Å². The first kappa shape index (κ1) is 15.1. The molecule has 0 unspecified atom stereocenters. The number of anilines is 1. The van der Waals surface area contributed by atoms with Gasteiger partial charge in [-0.2, -0.15) is 0 Å². The van der Waals surface area contributed by atoms with Crippen LogP contribution in [0.25, 0.3) is 0 Å². The molecule has 2 N–H and O–H groups in total. The van der Waals surface area contributed by atoms with Crippen LogP contribution in [-0.4, -0.2) is 21.5 Å². The SMILES string of the molecule is Cc1ccc(S(=O)(=O)N2CCc3cc(CCN)ccc32)cc1. The molecule has 2 aromatic carbocycles. The number of benzene rings is 2. The highest BCUT2D eigenvalue weighted by Gasteiger charge is 2.30. The maximum Gasteiger partial charge on any atom is 0.264 e. The van der Waals surface area contributed by atoms with E-state index in [1.165, 1.54) is 4.31 Å². The summed E-state index contributed by atoms with van der Waals surface area (Å²) in [6.07, 6.45) is 1.57. The number of nitrogens with two attached hydrogens (primary N) is 1. The van der Waals surface area contributed by atoms with E-state index in [2.05, 4.69) is 6.07 Å². The summed E-state index contributed by atoms with van der Waals surface area (Å²) in [5.41, 5.74) is 9.67. The van der Waals surface area contributed by atoms with Gasteiger partial charge in [-0.15, -0.1) is 0 Å². The number of hydrogen-bond donors (Lipinski definition) is 1. The van der Waals surface area contributed by atoms with E-state index in [0.29, 0.717) is 18.0 Å². The lowest BCUT2D eigenvalue weighted by Gasteiger charge is -2.20. The molecule has 0 spiro atoms. The Hall–Kier alpha value is -1.85. The van der Waals surface area contributed by atoms with Crippen molar-refractivity contribution in [1.29, 1.82) is 0 Å². The molecule has 0 amide bonds. The van der Waals surface area contributed by atoms with E-state index in [1.807, 2.05) is 31.2 Å². The summed E-state index contributed by atoms with van der Waals surface area (Å²) in [5, 5.41) is 0. The zero-order chi connectivity index (χ0) is 15.7. The Labute approximate surface area is 131 Å². The predicted octanol–water partition coefficient (Wildman–Crippen LogP) is 2.25. The van der Waals surface area contributed by atoms with E-state index in [-0.39, 0.29) is 0 Å². The van der Waals surface area contributed by atoms with E-state index in [0.717, 1.165) is 35.2 Å². The summed E-state index contributed by atoms with van der Waals surface area (Å²) in [5.74, 6) is 0. The Morgan fingerprint density at radius 2 is 1.86 bits per heavy atom. The Balaban J connectivity index is 1.97. The highest BCUT2D eigenvalue weighted by atomic mass is 32.2. The van der Waals surface area contributed by atoms with Crippen molar-refractivity contribution in [1.82, 2.24) is 0 Å². The lowest BCUT2D eigenvalue weighted by atomic mass is 10.1. The maximum absolute atomic E-state index is 12.8. The first-order valence-corrected chi connectivity index (χ1v) is 8.87. The number of aryl methyl sites for hydroxylation is 1. The van der Waals surface area contributed by atoms with Crippen molar-refractivity contribution < 1.29 is 8.42 Å². The second kappa shape index (κ2) is 5.74. The quantitative estimate of drug-likeness (QED) is 0.941. The highest BCUT2D eigenvalue weighted by Crippen LogP contribution is 2.33. The average molecular weight is 316 g/mol. The Morgan fingerprint density at radius 3 is 2.55 bits per heavy atom. The fraction of sp³-hybridized carbons (Fsp3) is 0.294. The standard InChI is InChI=1S/C17H20N2O2S/c1-13-2-5-16(6-3-13)22(20,21)19-11-9-15-12-14(8-10-18)4-7-17(15)19/h2-7,12H,8-11,18H2,1H3. The van der Waals surface area contributed by atoms with Crippen molar-refractivity contribution in [2.75, 3.05) is 17.4 Å². The van der Waals surface area contributed by atoms with E-state index in [9.17, 15) is 8.42 Å². The largest absolute Gasteiger partial charge is 0.330 e. The predicted molar refractivity (Wildman–Crippen MR) is 88.6 cm³/mol. The Morgan fingerprint density at radius 1 is 1.14 bits per heavy atom. The fourth-order valence-corrected chi connectivity index (χ4v) is 4.34. The lowest BCUT2D eigenvalue weighted by Crippen LogP contribution is -2.29. The topological polar surface area (TPSA) is 63.4 Å². The van der Waals surface area contributed by atoms with Crippen LogP contribution in [0.2, 0.25) is 0 Å². The summed E-state index contributed by atoms with van der Waals surface area (Å²) in [7, 11) is -3.49. The van der Waals surface area contributed by atoms with Gasteiger partial charge in [-0.1, -0.05) is 29.8 Å². The molecule has 1 aliphatic heterocycles. The van der Waals surface area contributed by atoms with Gasteiger partial charge in [-0.05, 0) is 55.6 Å². The van der Waals surface area contributed by atoms with Crippen LogP contribution < -0.4 is 10.0 Å². The van der Waals surface area contributed by atoms with Gasteiger partial charge in [-0.25, -0.2) is 8.42 Å². The fourth-order valence-electron chi connectivity index (χ4n) is 2.83. The van der Waals surface area contributed by atoms with Gasteiger partial charge in [0, 0.05) is 6.54 Å². The molecule has 0 bridgehead atoms. The number of nitrogens with zero attached hydrogens (tertiary/aromatic N) is 1. The van der Waals surface area contributed by atoms with E-state index in [1.54, 1.807) is 12.1 Å². The summed E-state index contributed by atoms with van der Waals surface area (Å²) in [6.45, 7) is 3.04. The van der Waals surface area contributed by atoms with Gasteiger partial charge < -0.3 is 5.73 Å². The molecule has 0 aromatic heterocycles. The van der Waals surface area contributed by atoms with Crippen LogP contribution in [0.4, 0.5) is 5.69 Å². The molecule has 5 heteroatoms. The van der Waals surface area contributed by atoms with Gasteiger partial charge in [0.15, 0.2) is 0 Å². The molecule has 2 aromatic rings. The van der Waals surface area contributed by atoms with E-state index in [4.69, 9.17) is 5.73 Å². The van der Waals surface area contributed by atoms with Gasteiger partial charge >= 0.3 is 0 Å². The third-order valence-electron chi connectivity index (χ3n) is 4.04. The highest BCUT2D eigenvalue weighted by molar-refractivity contribution is 7.92. The maximum atomic E-state index is 12.8. The molecule has 0 saturated carbocycles. The summed E-state index contributed by atoms with van der Waals surface area (Å²) in [6, 6.07) is 12.9. The van der Waals surface area contributed by atoms with E-state index >= 15 is 0 Å². The van der Waals surface area contributed by atoms with Crippen molar-refractivity contribution in [2.24, 2.45) is 5.73 Å². The third-order valence-corrected chi connectivity index (χ3v) is 5.87. The Kier molecular flexibility index (Phi) is 3.93. The summed E-state index contributed by atoms with van der Waals surface area (Å²) < 4.78 is 27.2. The van der Waals surface area contributed by atoms with Crippen LogP contribution in [-0.2, 0) is 22.9 Å². The number of rotatable bonds is 4. The number of fused-ring (bicyclic) bond motifs is 1. The van der Waals surface area contributed by atoms with Crippen LogP contribution >= 0.6 is 0 Å². The molecule has 0 saturated heterocycles. The molecule has 22 heavy (non-hydrogen) atoms. The van der Waals surface area contributed by atoms with Crippen LogP contribution in [0, 0.1) is 6.92 Å².